The SMILES string of the molecule is NS(=O)(=O)NCc1ccccc1-c1ccc(CN2CCCC2)cc1. The van der Waals surface area contributed by atoms with E-state index in [1.165, 1.54) is 31.5 Å². The van der Waals surface area contributed by atoms with Crippen LogP contribution in [0, 0.1) is 0 Å². The molecule has 0 atom stereocenters. The van der Waals surface area contributed by atoms with Crippen molar-refractivity contribution in [3.05, 3.63) is 59.7 Å². The van der Waals surface area contributed by atoms with Gasteiger partial charge in [0.25, 0.3) is 10.2 Å². The summed E-state index contributed by atoms with van der Waals surface area (Å²) in [6.07, 6.45) is 2.59. The van der Waals surface area contributed by atoms with E-state index in [2.05, 4.69) is 33.9 Å². The van der Waals surface area contributed by atoms with E-state index in [0.717, 1.165) is 23.2 Å². The van der Waals surface area contributed by atoms with Crippen LogP contribution in [0.15, 0.2) is 48.5 Å². The van der Waals surface area contributed by atoms with E-state index in [9.17, 15) is 8.42 Å². The average Bonchev–Trinajstić information content (AvgIpc) is 3.06. The van der Waals surface area contributed by atoms with Crippen LogP contribution in [-0.2, 0) is 23.3 Å². The van der Waals surface area contributed by atoms with Crippen molar-refractivity contribution < 1.29 is 8.42 Å². The molecule has 0 spiro atoms. The van der Waals surface area contributed by atoms with Crippen molar-refractivity contribution in [1.29, 1.82) is 0 Å². The van der Waals surface area contributed by atoms with Crippen LogP contribution in [0.5, 0.6) is 0 Å². The number of hydrogen-bond donors (Lipinski definition) is 2. The lowest BCUT2D eigenvalue weighted by molar-refractivity contribution is 0.331. The zero-order valence-corrected chi connectivity index (χ0v) is 14.4. The highest BCUT2D eigenvalue weighted by molar-refractivity contribution is 7.87. The second-order valence-electron chi connectivity index (χ2n) is 6.20. The van der Waals surface area contributed by atoms with Crippen molar-refractivity contribution in [2.45, 2.75) is 25.9 Å². The topological polar surface area (TPSA) is 75.4 Å². The van der Waals surface area contributed by atoms with E-state index >= 15 is 0 Å². The van der Waals surface area contributed by atoms with Gasteiger partial charge in [-0.1, -0.05) is 48.5 Å². The summed E-state index contributed by atoms with van der Waals surface area (Å²) in [7, 11) is -3.70. The van der Waals surface area contributed by atoms with Crippen LogP contribution in [0.25, 0.3) is 11.1 Å². The molecule has 0 unspecified atom stereocenters. The highest BCUT2D eigenvalue weighted by Gasteiger charge is 2.12. The number of nitrogens with zero attached hydrogens (tertiary/aromatic N) is 1. The maximum absolute atomic E-state index is 11.1. The molecular formula is C18H23N3O2S. The molecular weight excluding hydrogens is 322 g/mol. The minimum absolute atomic E-state index is 0.185. The molecule has 0 saturated carbocycles. The third-order valence-electron chi connectivity index (χ3n) is 4.35. The molecule has 1 heterocycles. The summed E-state index contributed by atoms with van der Waals surface area (Å²) < 4.78 is 24.6. The van der Waals surface area contributed by atoms with E-state index in [1.54, 1.807) is 0 Å². The summed E-state index contributed by atoms with van der Waals surface area (Å²) in [6, 6.07) is 16.2. The monoisotopic (exact) mass is 345 g/mol. The smallest absolute Gasteiger partial charge is 0.274 e. The summed E-state index contributed by atoms with van der Waals surface area (Å²) in [5.41, 5.74) is 4.30. The first-order valence-corrected chi connectivity index (χ1v) is 9.73. The Labute approximate surface area is 143 Å². The van der Waals surface area contributed by atoms with Gasteiger partial charge in [-0.3, -0.25) is 4.90 Å². The Balaban J connectivity index is 1.76. The van der Waals surface area contributed by atoms with Crippen LogP contribution < -0.4 is 9.86 Å². The summed E-state index contributed by atoms with van der Waals surface area (Å²) in [5, 5.41) is 5.03. The molecule has 1 fully saturated rings. The summed E-state index contributed by atoms with van der Waals surface area (Å²) in [4.78, 5) is 2.47. The molecule has 24 heavy (non-hydrogen) atoms. The minimum Gasteiger partial charge on any atom is -0.299 e. The number of nitrogens with one attached hydrogen (secondary N) is 1. The van der Waals surface area contributed by atoms with Crippen LogP contribution in [0.4, 0.5) is 0 Å². The fourth-order valence-corrected chi connectivity index (χ4v) is 3.48. The largest absolute Gasteiger partial charge is 0.299 e. The molecule has 0 aliphatic carbocycles. The molecule has 0 amide bonds. The summed E-state index contributed by atoms with van der Waals surface area (Å²) in [5.74, 6) is 0. The molecule has 2 aromatic carbocycles. The Bertz CT molecular complexity index is 782. The van der Waals surface area contributed by atoms with Gasteiger partial charge in [0, 0.05) is 13.1 Å². The fraction of sp³-hybridized carbons (Fsp3) is 0.333. The molecule has 5 nitrogen and oxygen atoms in total. The van der Waals surface area contributed by atoms with Gasteiger partial charge in [0.15, 0.2) is 0 Å². The van der Waals surface area contributed by atoms with Crippen molar-refractivity contribution in [2.75, 3.05) is 13.1 Å². The maximum Gasteiger partial charge on any atom is 0.274 e. The van der Waals surface area contributed by atoms with Crippen LogP contribution >= 0.6 is 0 Å². The van der Waals surface area contributed by atoms with Crippen molar-refractivity contribution in [3.63, 3.8) is 0 Å². The van der Waals surface area contributed by atoms with Gasteiger partial charge in [0.05, 0.1) is 0 Å². The lowest BCUT2D eigenvalue weighted by Crippen LogP contribution is -2.30. The van der Waals surface area contributed by atoms with Gasteiger partial charge in [-0.25, -0.2) is 5.14 Å². The first kappa shape index (κ1) is 17.1. The van der Waals surface area contributed by atoms with Gasteiger partial charge in [-0.2, -0.15) is 13.1 Å². The van der Waals surface area contributed by atoms with E-state index in [4.69, 9.17) is 5.14 Å². The molecule has 0 aromatic heterocycles. The van der Waals surface area contributed by atoms with E-state index in [1.807, 2.05) is 24.3 Å². The van der Waals surface area contributed by atoms with Crippen LogP contribution in [0.3, 0.4) is 0 Å². The Morgan fingerprint density at radius 2 is 1.67 bits per heavy atom. The van der Waals surface area contributed by atoms with Crippen LogP contribution in [-0.4, -0.2) is 26.4 Å². The quantitative estimate of drug-likeness (QED) is 0.843. The predicted octanol–water partition coefficient (Wildman–Crippen LogP) is 2.24. The zero-order valence-electron chi connectivity index (χ0n) is 13.6. The van der Waals surface area contributed by atoms with Gasteiger partial charge in [0.2, 0.25) is 0 Å². The van der Waals surface area contributed by atoms with Gasteiger partial charge in [-0.15, -0.1) is 0 Å². The number of nitrogens with two attached hydrogens (primary N) is 1. The van der Waals surface area contributed by atoms with Crippen LogP contribution in [0.1, 0.15) is 24.0 Å². The molecule has 1 aliphatic heterocycles. The Hall–Kier alpha value is -1.73. The predicted molar refractivity (Wildman–Crippen MR) is 96.3 cm³/mol. The lowest BCUT2D eigenvalue weighted by atomic mass is 9.98. The van der Waals surface area contributed by atoms with Crippen molar-refractivity contribution in [3.8, 4) is 11.1 Å². The zero-order chi connectivity index (χ0) is 17.0. The average molecular weight is 345 g/mol. The van der Waals surface area contributed by atoms with E-state index in [-0.39, 0.29) is 6.54 Å². The highest BCUT2D eigenvalue weighted by atomic mass is 32.2. The Morgan fingerprint density at radius 3 is 2.33 bits per heavy atom. The molecule has 3 rings (SSSR count). The first-order valence-electron chi connectivity index (χ1n) is 8.18. The maximum atomic E-state index is 11.1. The molecule has 6 heteroatoms. The molecule has 3 N–H and O–H groups in total. The van der Waals surface area contributed by atoms with Gasteiger partial charge >= 0.3 is 0 Å². The van der Waals surface area contributed by atoms with Crippen molar-refractivity contribution in [2.24, 2.45) is 5.14 Å². The van der Waals surface area contributed by atoms with E-state index < -0.39 is 10.2 Å². The van der Waals surface area contributed by atoms with Gasteiger partial charge in [0.1, 0.15) is 0 Å². The lowest BCUT2D eigenvalue weighted by Gasteiger charge is -2.15. The molecule has 0 radical (unpaired) electrons. The fourth-order valence-electron chi connectivity index (χ4n) is 3.12. The highest BCUT2D eigenvalue weighted by Crippen LogP contribution is 2.25. The first-order chi connectivity index (χ1) is 11.5. The van der Waals surface area contributed by atoms with Gasteiger partial charge in [-0.05, 0) is 48.2 Å². The normalized spacial score (nSPS) is 15.7. The van der Waals surface area contributed by atoms with Crippen molar-refractivity contribution >= 4 is 10.2 Å². The molecule has 128 valence electrons. The number of hydrogen-bond acceptors (Lipinski definition) is 3. The minimum atomic E-state index is -3.70. The molecule has 1 aliphatic rings. The third kappa shape index (κ3) is 4.64. The summed E-state index contributed by atoms with van der Waals surface area (Å²) >= 11 is 0. The standard InChI is InChI=1S/C18H23N3O2S/c19-24(22,23)20-13-17-5-1-2-6-18(17)16-9-7-15(8-10-16)14-21-11-3-4-12-21/h1-2,5-10,20H,3-4,11-14H2,(H2,19,22,23). The van der Waals surface area contributed by atoms with Crippen molar-refractivity contribution in [1.82, 2.24) is 9.62 Å². The molecule has 0 bridgehead atoms. The number of benzene rings is 2. The Morgan fingerprint density at radius 1 is 1.00 bits per heavy atom. The van der Waals surface area contributed by atoms with Crippen LogP contribution in [0.2, 0.25) is 0 Å². The van der Waals surface area contributed by atoms with Gasteiger partial charge < -0.3 is 0 Å². The number of rotatable bonds is 6. The van der Waals surface area contributed by atoms with E-state index in [0.29, 0.717) is 0 Å². The summed E-state index contributed by atoms with van der Waals surface area (Å²) in [6.45, 7) is 3.55. The Kier molecular flexibility index (Phi) is 5.30. The second-order valence-corrected chi connectivity index (χ2v) is 7.58. The number of likely N-dealkylation sites (tertiary alicyclic amines) is 1. The third-order valence-corrected chi connectivity index (χ3v) is 4.90. The molecule has 1 saturated heterocycles. The molecule has 2 aromatic rings. The second kappa shape index (κ2) is 7.44.